The van der Waals surface area contributed by atoms with Crippen LogP contribution in [-0.2, 0) is 4.79 Å². The van der Waals surface area contributed by atoms with Crippen molar-refractivity contribution in [3.8, 4) is 0 Å². The number of hydrogen-bond donors (Lipinski definition) is 1. The fourth-order valence-electron chi connectivity index (χ4n) is 1.55. The van der Waals surface area contributed by atoms with Gasteiger partial charge in [-0.25, -0.2) is 0 Å². The smallest absolute Gasteiger partial charge is 0.234 e. The minimum atomic E-state index is 0.141. The molecule has 0 spiro atoms. The summed E-state index contributed by atoms with van der Waals surface area (Å²) < 4.78 is 0. The zero-order chi connectivity index (χ0) is 10.1. The molecule has 0 bridgehead atoms. The number of likely N-dealkylation sites (tertiary alicyclic amines) is 1. The van der Waals surface area contributed by atoms with E-state index in [-0.39, 0.29) is 17.5 Å². The monoisotopic (exact) mass is 184 g/mol. The first-order chi connectivity index (χ1) is 5.92. The molecule has 0 aliphatic carbocycles. The quantitative estimate of drug-likeness (QED) is 0.709. The van der Waals surface area contributed by atoms with Crippen molar-refractivity contribution in [1.82, 2.24) is 10.2 Å². The summed E-state index contributed by atoms with van der Waals surface area (Å²) in [4.78, 5) is 13.6. The minimum Gasteiger partial charge on any atom is -0.353 e. The number of rotatable bonds is 3. The van der Waals surface area contributed by atoms with E-state index in [1.165, 1.54) is 6.42 Å². The maximum Gasteiger partial charge on any atom is 0.234 e. The van der Waals surface area contributed by atoms with Crippen LogP contribution in [0.2, 0.25) is 0 Å². The molecule has 1 N–H and O–H groups in total. The van der Waals surface area contributed by atoms with Crippen molar-refractivity contribution in [3.05, 3.63) is 0 Å². The van der Waals surface area contributed by atoms with Gasteiger partial charge < -0.3 is 5.32 Å². The van der Waals surface area contributed by atoms with E-state index >= 15 is 0 Å². The summed E-state index contributed by atoms with van der Waals surface area (Å²) in [7, 11) is 0. The van der Waals surface area contributed by atoms with Gasteiger partial charge in [-0.1, -0.05) is 0 Å². The second-order valence-electron chi connectivity index (χ2n) is 4.71. The second-order valence-corrected chi connectivity index (χ2v) is 4.71. The molecule has 0 aromatic heterocycles. The van der Waals surface area contributed by atoms with Crippen LogP contribution in [0.3, 0.4) is 0 Å². The summed E-state index contributed by atoms with van der Waals surface area (Å²) in [5.41, 5.74) is 0.230. The van der Waals surface area contributed by atoms with Crippen molar-refractivity contribution in [2.24, 2.45) is 0 Å². The highest BCUT2D eigenvalue weighted by atomic mass is 16.2. The molecule has 3 nitrogen and oxygen atoms in total. The fraction of sp³-hybridized carbons (Fsp3) is 0.900. The molecule has 1 aliphatic heterocycles. The van der Waals surface area contributed by atoms with Crippen molar-refractivity contribution < 1.29 is 4.79 Å². The third kappa shape index (κ3) is 2.69. The van der Waals surface area contributed by atoms with Gasteiger partial charge in [-0.3, -0.25) is 9.69 Å². The van der Waals surface area contributed by atoms with Gasteiger partial charge in [-0.2, -0.15) is 0 Å². The largest absolute Gasteiger partial charge is 0.353 e. The maximum absolute atomic E-state index is 11.4. The highest BCUT2D eigenvalue weighted by molar-refractivity contribution is 5.78. The molecule has 1 aliphatic rings. The Bertz CT molecular complexity index is 199. The molecule has 0 atom stereocenters. The van der Waals surface area contributed by atoms with E-state index in [1.807, 2.05) is 13.8 Å². The molecule has 0 radical (unpaired) electrons. The normalized spacial score (nSPS) is 21.3. The number of carbonyl (C=O) groups excluding carboxylic acids is 1. The van der Waals surface area contributed by atoms with Gasteiger partial charge in [0.05, 0.1) is 6.54 Å². The zero-order valence-electron chi connectivity index (χ0n) is 9.05. The lowest BCUT2D eigenvalue weighted by Gasteiger charge is -2.48. The lowest BCUT2D eigenvalue weighted by molar-refractivity contribution is -0.126. The average molecular weight is 184 g/mol. The standard InChI is InChI=1S/C10H20N2O/c1-8(2)11-9(13)7-12-6-5-10(12,3)4/h8H,5-7H2,1-4H3,(H,11,13). The summed E-state index contributed by atoms with van der Waals surface area (Å²) in [5, 5.41) is 2.90. The van der Waals surface area contributed by atoms with Gasteiger partial charge in [-0.05, 0) is 34.1 Å². The maximum atomic E-state index is 11.4. The lowest BCUT2D eigenvalue weighted by atomic mass is 9.89. The Balaban J connectivity index is 2.29. The SMILES string of the molecule is CC(C)NC(=O)CN1CCC1(C)C. The van der Waals surface area contributed by atoms with Crippen LogP contribution >= 0.6 is 0 Å². The highest BCUT2D eigenvalue weighted by Crippen LogP contribution is 2.28. The van der Waals surface area contributed by atoms with Gasteiger partial charge in [0.25, 0.3) is 0 Å². The first-order valence-corrected chi connectivity index (χ1v) is 4.96. The van der Waals surface area contributed by atoms with Crippen LogP contribution in [0.4, 0.5) is 0 Å². The molecule has 76 valence electrons. The zero-order valence-corrected chi connectivity index (χ0v) is 9.05. The molecule has 1 fully saturated rings. The van der Waals surface area contributed by atoms with Crippen LogP contribution in [0.1, 0.15) is 34.1 Å². The Hall–Kier alpha value is -0.570. The van der Waals surface area contributed by atoms with Gasteiger partial charge >= 0.3 is 0 Å². The van der Waals surface area contributed by atoms with Gasteiger partial charge in [0.2, 0.25) is 5.91 Å². The average Bonchev–Trinajstić information content (AvgIpc) is 1.97. The number of amides is 1. The van der Waals surface area contributed by atoms with E-state index in [2.05, 4.69) is 24.1 Å². The van der Waals surface area contributed by atoms with Crippen LogP contribution in [0, 0.1) is 0 Å². The van der Waals surface area contributed by atoms with E-state index < -0.39 is 0 Å². The van der Waals surface area contributed by atoms with E-state index in [0.29, 0.717) is 6.54 Å². The van der Waals surface area contributed by atoms with Crippen LogP contribution < -0.4 is 5.32 Å². The first kappa shape index (κ1) is 10.5. The molecule has 0 aromatic rings. The van der Waals surface area contributed by atoms with Gasteiger partial charge in [0.1, 0.15) is 0 Å². The Labute approximate surface area is 80.5 Å². The second kappa shape index (κ2) is 3.66. The number of nitrogens with zero attached hydrogens (tertiary/aromatic N) is 1. The Morgan fingerprint density at radius 3 is 2.46 bits per heavy atom. The van der Waals surface area contributed by atoms with Crippen LogP contribution in [0.15, 0.2) is 0 Å². The van der Waals surface area contributed by atoms with Crippen molar-refractivity contribution in [1.29, 1.82) is 0 Å². The molecular weight excluding hydrogens is 164 g/mol. The number of hydrogen-bond acceptors (Lipinski definition) is 2. The molecule has 1 rings (SSSR count). The third-order valence-corrected chi connectivity index (χ3v) is 2.63. The van der Waals surface area contributed by atoms with E-state index in [9.17, 15) is 4.79 Å². The molecule has 1 heterocycles. The molecule has 1 amide bonds. The minimum absolute atomic E-state index is 0.141. The summed E-state index contributed by atoms with van der Waals surface area (Å²) in [6.45, 7) is 9.93. The van der Waals surface area contributed by atoms with Crippen molar-refractivity contribution in [3.63, 3.8) is 0 Å². The van der Waals surface area contributed by atoms with Crippen molar-refractivity contribution in [2.45, 2.75) is 45.7 Å². The van der Waals surface area contributed by atoms with Crippen LogP contribution in [0.25, 0.3) is 0 Å². The van der Waals surface area contributed by atoms with Gasteiger partial charge in [0, 0.05) is 18.1 Å². The van der Waals surface area contributed by atoms with Crippen molar-refractivity contribution >= 4 is 5.91 Å². The Kier molecular flexibility index (Phi) is 2.96. The molecule has 0 unspecified atom stereocenters. The lowest BCUT2D eigenvalue weighted by Crippen LogP contribution is -2.58. The molecule has 0 saturated carbocycles. The summed E-state index contributed by atoms with van der Waals surface area (Å²) >= 11 is 0. The highest BCUT2D eigenvalue weighted by Gasteiger charge is 2.36. The molecule has 13 heavy (non-hydrogen) atoms. The molecule has 0 aromatic carbocycles. The summed E-state index contributed by atoms with van der Waals surface area (Å²) in [6.07, 6.45) is 1.20. The molecule has 3 heteroatoms. The third-order valence-electron chi connectivity index (χ3n) is 2.63. The number of carbonyl (C=O) groups is 1. The predicted molar refractivity (Wildman–Crippen MR) is 53.5 cm³/mol. The van der Waals surface area contributed by atoms with Crippen LogP contribution in [-0.4, -0.2) is 35.5 Å². The predicted octanol–water partition coefficient (Wildman–Crippen LogP) is 0.995. The Morgan fingerprint density at radius 1 is 1.54 bits per heavy atom. The van der Waals surface area contributed by atoms with Crippen LogP contribution in [0.5, 0.6) is 0 Å². The first-order valence-electron chi connectivity index (χ1n) is 4.96. The fourth-order valence-corrected chi connectivity index (χ4v) is 1.55. The molecule has 1 saturated heterocycles. The van der Waals surface area contributed by atoms with Gasteiger partial charge in [-0.15, -0.1) is 0 Å². The van der Waals surface area contributed by atoms with Crippen molar-refractivity contribution in [2.75, 3.05) is 13.1 Å². The van der Waals surface area contributed by atoms with E-state index in [4.69, 9.17) is 0 Å². The van der Waals surface area contributed by atoms with Gasteiger partial charge in [0.15, 0.2) is 0 Å². The summed E-state index contributed by atoms with van der Waals surface area (Å²) in [6, 6.07) is 0.247. The van der Waals surface area contributed by atoms with E-state index in [1.54, 1.807) is 0 Å². The van der Waals surface area contributed by atoms with E-state index in [0.717, 1.165) is 6.54 Å². The molecular formula is C10H20N2O. The summed E-state index contributed by atoms with van der Waals surface area (Å²) in [5.74, 6) is 0.141. The Morgan fingerprint density at radius 2 is 2.15 bits per heavy atom. The topological polar surface area (TPSA) is 32.3 Å². The number of nitrogens with one attached hydrogen (secondary N) is 1.